The minimum atomic E-state index is -4.85. The Kier molecular flexibility index (Phi) is 11.6. The summed E-state index contributed by atoms with van der Waals surface area (Å²) in [6.45, 7) is 13.2. The van der Waals surface area contributed by atoms with Gasteiger partial charge in [-0.15, -0.1) is 11.3 Å². The molecule has 282 valence electrons. The van der Waals surface area contributed by atoms with Crippen molar-refractivity contribution >= 4 is 52.6 Å². The minimum Gasteiger partial charge on any atom is -0.493 e. The molecule has 0 aliphatic carbocycles. The van der Waals surface area contributed by atoms with Crippen LogP contribution in [-0.2, 0) is 20.3 Å². The Morgan fingerprint density at radius 1 is 1.08 bits per heavy atom. The first-order valence-electron chi connectivity index (χ1n) is 16.7. The second kappa shape index (κ2) is 15.3. The Balaban J connectivity index is 1.29. The lowest BCUT2D eigenvalue weighted by molar-refractivity contribution is -0.168. The van der Waals surface area contributed by atoms with Gasteiger partial charge in [0.2, 0.25) is 5.91 Å². The highest BCUT2D eigenvalue weighted by atomic mass is 32.1. The largest absolute Gasteiger partial charge is 0.493 e. The molecule has 0 radical (unpaired) electrons. The van der Waals surface area contributed by atoms with Crippen molar-refractivity contribution in [3.05, 3.63) is 59.4 Å². The van der Waals surface area contributed by atoms with Gasteiger partial charge in [-0.2, -0.15) is 0 Å². The van der Waals surface area contributed by atoms with Crippen LogP contribution in [0.5, 0.6) is 11.5 Å². The van der Waals surface area contributed by atoms with Crippen LogP contribution in [0.25, 0.3) is 10.9 Å². The number of nitrogens with zero attached hydrogens (tertiary/aromatic N) is 4. The molecule has 2 aromatic heterocycles. The third-order valence-corrected chi connectivity index (χ3v) is 10.7. The first-order valence-corrected chi connectivity index (χ1v) is 19.1. The summed E-state index contributed by atoms with van der Waals surface area (Å²) in [6.07, 6.45) is 4.36. The second-order valence-electron chi connectivity index (χ2n) is 14.7. The van der Waals surface area contributed by atoms with Crippen molar-refractivity contribution in [3.63, 3.8) is 0 Å². The zero-order valence-electron chi connectivity index (χ0n) is 30.2. The predicted molar refractivity (Wildman–Crippen MR) is 195 cm³/mol. The molecule has 4 aromatic rings. The molecular formula is C35H45F2N6O7PS. The smallest absolute Gasteiger partial charge is 0.470 e. The number of ether oxygens (including phenoxy) is 2. The van der Waals surface area contributed by atoms with E-state index in [-0.39, 0.29) is 24.8 Å². The summed E-state index contributed by atoms with van der Waals surface area (Å²) >= 11 is 1.20. The zero-order valence-corrected chi connectivity index (χ0v) is 31.9. The normalized spacial score (nSPS) is 15.9. The van der Waals surface area contributed by atoms with Crippen molar-refractivity contribution in [1.82, 2.24) is 19.9 Å². The van der Waals surface area contributed by atoms with E-state index in [1.807, 2.05) is 41.5 Å². The Hall–Kier alpha value is -3.79. The molecule has 1 fully saturated rings. The van der Waals surface area contributed by atoms with Crippen LogP contribution in [0.4, 0.5) is 25.4 Å². The van der Waals surface area contributed by atoms with Gasteiger partial charge in [-0.25, -0.2) is 28.3 Å². The minimum absolute atomic E-state index is 0.101. The molecule has 0 bridgehead atoms. The summed E-state index contributed by atoms with van der Waals surface area (Å²) in [5, 5.41) is 6.61. The van der Waals surface area contributed by atoms with E-state index in [2.05, 4.69) is 30.5 Å². The van der Waals surface area contributed by atoms with E-state index in [0.29, 0.717) is 51.2 Å². The van der Waals surface area contributed by atoms with E-state index in [0.717, 1.165) is 19.0 Å². The first-order chi connectivity index (χ1) is 24.3. The maximum absolute atomic E-state index is 14.0. The van der Waals surface area contributed by atoms with Crippen LogP contribution < -0.4 is 20.1 Å². The Labute approximate surface area is 305 Å². The Morgan fingerprint density at radius 3 is 2.48 bits per heavy atom. The Morgan fingerprint density at radius 2 is 1.81 bits per heavy atom. The quantitative estimate of drug-likeness (QED) is 0.102. The highest BCUT2D eigenvalue weighted by molar-refractivity contribution is 7.46. The molecule has 1 aliphatic heterocycles. The van der Waals surface area contributed by atoms with Gasteiger partial charge >= 0.3 is 7.82 Å². The van der Waals surface area contributed by atoms with Crippen molar-refractivity contribution in [2.24, 2.45) is 10.8 Å². The van der Waals surface area contributed by atoms with Crippen molar-refractivity contribution in [3.8, 4) is 11.5 Å². The molecule has 0 saturated carbocycles. The third-order valence-electron chi connectivity index (χ3n) is 9.22. The number of thiazole rings is 1. The van der Waals surface area contributed by atoms with Crippen LogP contribution in [0.15, 0.2) is 42.9 Å². The van der Waals surface area contributed by atoms with Crippen LogP contribution in [-0.4, -0.2) is 74.0 Å². The molecule has 2 aromatic carbocycles. The summed E-state index contributed by atoms with van der Waals surface area (Å²) in [5.74, 6) is -1.38. The monoisotopic (exact) mass is 762 g/mol. The molecule has 1 aliphatic rings. The van der Waals surface area contributed by atoms with Gasteiger partial charge in [0.15, 0.2) is 28.3 Å². The number of likely N-dealkylation sites (tertiary alicyclic amines) is 1. The molecule has 1 saturated heterocycles. The number of methoxy groups -OCH3 is 1. The number of rotatable bonds is 13. The molecular weight excluding hydrogens is 717 g/mol. The molecule has 13 nitrogen and oxygen atoms in total. The number of hydrogen-bond donors (Lipinski definition) is 4. The van der Waals surface area contributed by atoms with E-state index < -0.39 is 41.8 Å². The third kappa shape index (κ3) is 8.53. The van der Waals surface area contributed by atoms with Crippen LogP contribution >= 0.6 is 19.2 Å². The fourth-order valence-electron chi connectivity index (χ4n) is 7.41. The predicted octanol–water partition coefficient (Wildman–Crippen LogP) is 7.08. The SMILES string of the molecule is COc1cc2c(Nc3ncc(CC(=O)Nc4cccc(F)c4F)s3)ncnc2cc1OCCN1CCC[C@@H]1C(OP(=O)(O)O)(C(C)(C)C)C(C)(C)C. The average molecular weight is 763 g/mol. The molecule has 3 heterocycles. The first kappa shape index (κ1) is 39.4. The van der Waals surface area contributed by atoms with E-state index in [1.165, 1.54) is 43.1 Å². The van der Waals surface area contributed by atoms with Gasteiger partial charge in [0.25, 0.3) is 0 Å². The number of aromatic nitrogens is 3. The number of carbonyl (C=O) groups is 1. The molecule has 17 heteroatoms. The lowest BCUT2D eigenvalue weighted by Crippen LogP contribution is -2.65. The lowest BCUT2D eigenvalue weighted by atomic mass is 9.58. The number of amides is 1. The highest BCUT2D eigenvalue weighted by Crippen LogP contribution is 2.59. The van der Waals surface area contributed by atoms with Gasteiger partial charge in [-0.05, 0) is 48.4 Å². The standard InChI is InChI=1S/C35H45F2N6O7PS/c1-33(2,3)35(34(4,5)6,50-51(45,46)47)28-12-9-13-43(28)14-15-49-27-18-25-22(17-26(27)48-7)31(40-20-39-25)42-32-38-19-21(52-32)16-29(44)41-24-11-8-10-23(36)30(24)37/h8,10-11,17-20,28H,9,12-16H2,1-7H3,(H,41,44)(H2,45,46,47)(H,38,39,40,42)/t28-/m1/s1. The number of hydrogen-bond acceptors (Lipinski definition) is 11. The molecule has 0 unspecified atom stereocenters. The molecule has 1 amide bonds. The van der Waals surface area contributed by atoms with Gasteiger partial charge in [0.1, 0.15) is 24.4 Å². The van der Waals surface area contributed by atoms with Crippen molar-refractivity contribution < 1.29 is 41.9 Å². The zero-order chi connectivity index (χ0) is 38.1. The summed E-state index contributed by atoms with van der Waals surface area (Å²) in [6, 6.07) is 6.78. The number of nitrogens with one attached hydrogen (secondary N) is 2. The van der Waals surface area contributed by atoms with Crippen molar-refractivity contribution in [2.75, 3.05) is 37.4 Å². The fourth-order valence-corrected chi connectivity index (χ4v) is 9.27. The van der Waals surface area contributed by atoms with Crippen molar-refractivity contribution in [2.45, 2.75) is 72.4 Å². The van der Waals surface area contributed by atoms with Crippen LogP contribution in [0, 0.1) is 22.5 Å². The van der Waals surface area contributed by atoms with E-state index >= 15 is 0 Å². The van der Waals surface area contributed by atoms with Gasteiger partial charge in [-0.1, -0.05) is 47.6 Å². The number of anilines is 3. The van der Waals surface area contributed by atoms with E-state index in [4.69, 9.17) is 14.0 Å². The lowest BCUT2D eigenvalue weighted by Gasteiger charge is -2.57. The number of phosphoric acid groups is 1. The number of fused-ring (bicyclic) bond motifs is 1. The van der Waals surface area contributed by atoms with Crippen LogP contribution in [0.3, 0.4) is 0 Å². The van der Waals surface area contributed by atoms with E-state index in [9.17, 15) is 27.9 Å². The van der Waals surface area contributed by atoms with Crippen molar-refractivity contribution in [1.29, 1.82) is 0 Å². The Bertz CT molecular complexity index is 1950. The van der Waals surface area contributed by atoms with E-state index in [1.54, 1.807) is 12.1 Å². The van der Waals surface area contributed by atoms with Crippen LogP contribution in [0.1, 0.15) is 59.3 Å². The highest BCUT2D eigenvalue weighted by Gasteiger charge is 2.61. The number of carbonyl (C=O) groups excluding carboxylic acids is 1. The number of phosphoric ester groups is 1. The van der Waals surface area contributed by atoms with Gasteiger partial charge in [0.05, 0.1) is 24.7 Å². The molecule has 0 spiro atoms. The van der Waals surface area contributed by atoms with Crippen LogP contribution in [0.2, 0.25) is 0 Å². The maximum Gasteiger partial charge on any atom is 0.470 e. The number of benzene rings is 2. The summed E-state index contributed by atoms with van der Waals surface area (Å²) in [4.78, 5) is 48.6. The maximum atomic E-state index is 14.0. The summed E-state index contributed by atoms with van der Waals surface area (Å²) < 4.78 is 57.6. The molecule has 1 atom stereocenters. The summed E-state index contributed by atoms with van der Waals surface area (Å²) in [7, 11) is -3.32. The van der Waals surface area contributed by atoms with Gasteiger partial charge in [0, 0.05) is 35.1 Å². The number of halogens is 2. The van der Waals surface area contributed by atoms with Gasteiger partial charge < -0.3 is 29.9 Å². The molecule has 4 N–H and O–H groups in total. The average Bonchev–Trinajstić information content (AvgIpc) is 3.69. The fraction of sp³-hybridized carbons (Fsp3) is 0.486. The van der Waals surface area contributed by atoms with Gasteiger partial charge in [-0.3, -0.25) is 14.2 Å². The second-order valence-corrected chi connectivity index (χ2v) is 17.0. The summed E-state index contributed by atoms with van der Waals surface area (Å²) in [5.41, 5.74) is -2.09. The topological polar surface area (TPSA) is 168 Å². The molecule has 5 rings (SSSR count). The molecule has 52 heavy (non-hydrogen) atoms.